The number of rotatable bonds is 6. The third kappa shape index (κ3) is 3.18. The molecule has 1 saturated carbocycles. The Morgan fingerprint density at radius 3 is 2.14 bits per heavy atom. The summed E-state index contributed by atoms with van der Waals surface area (Å²) < 4.78 is 18.2. The molecule has 5 atom stereocenters. The number of esters is 1. The maximum atomic E-state index is 13.0. The van der Waals surface area contributed by atoms with Gasteiger partial charge in [0.15, 0.2) is 12.4 Å². The zero-order valence-corrected chi connectivity index (χ0v) is 16.2. The molecule has 0 spiro atoms. The Morgan fingerprint density at radius 1 is 1.07 bits per heavy atom. The maximum Gasteiger partial charge on any atom is 0.330 e. The molecule has 1 aromatic carbocycles. The van der Waals surface area contributed by atoms with Gasteiger partial charge in [-0.1, -0.05) is 26.0 Å². The number of fused-ring (bicyclic) bond motifs is 5. The molecule has 0 radical (unpaired) electrons. The van der Waals surface area contributed by atoms with E-state index < -0.39 is 42.1 Å². The zero-order valence-electron chi connectivity index (χ0n) is 16.2. The van der Waals surface area contributed by atoms with E-state index in [-0.39, 0.29) is 35.1 Å². The second-order valence-corrected chi connectivity index (χ2v) is 8.27. The molecule has 4 rings (SSSR count). The third-order valence-corrected chi connectivity index (χ3v) is 6.17. The first-order chi connectivity index (χ1) is 13.8. The Morgan fingerprint density at radius 2 is 1.62 bits per heavy atom. The van der Waals surface area contributed by atoms with Crippen molar-refractivity contribution in [1.82, 2.24) is 4.90 Å². The molecule has 1 heterocycles. The fourth-order valence-corrected chi connectivity index (χ4v) is 4.82. The van der Waals surface area contributed by atoms with Gasteiger partial charge < -0.3 is 4.74 Å². The minimum absolute atomic E-state index is 0.0512. The van der Waals surface area contributed by atoms with Crippen LogP contribution in [0.3, 0.4) is 0 Å². The highest BCUT2D eigenvalue weighted by molar-refractivity contribution is 6.09. The number of carbonyl (C=O) groups is 4. The van der Waals surface area contributed by atoms with E-state index in [4.69, 9.17) is 4.74 Å². The van der Waals surface area contributed by atoms with Crippen LogP contribution in [0.15, 0.2) is 36.4 Å². The average Bonchev–Trinajstić information content (AvgIpc) is 3.36. The fraction of sp³-hybridized carbons (Fsp3) is 0.455. The summed E-state index contributed by atoms with van der Waals surface area (Å²) in [4.78, 5) is 52.0. The summed E-state index contributed by atoms with van der Waals surface area (Å²) >= 11 is 0. The number of carbonyl (C=O) groups excluding carboxylic acids is 4. The highest BCUT2D eigenvalue weighted by Gasteiger charge is 2.61. The predicted octanol–water partition coefficient (Wildman–Crippen LogP) is 2.38. The Labute approximate surface area is 167 Å². The molecule has 0 N–H and O–H groups in total. The van der Waals surface area contributed by atoms with Gasteiger partial charge in [0.05, 0.1) is 11.8 Å². The van der Waals surface area contributed by atoms with Gasteiger partial charge in [0, 0.05) is 5.56 Å². The predicted molar refractivity (Wildman–Crippen MR) is 99.9 cm³/mol. The van der Waals surface area contributed by atoms with Crippen molar-refractivity contribution >= 4 is 23.6 Å². The number of hydrogen-bond acceptors (Lipinski definition) is 5. The zero-order chi connectivity index (χ0) is 20.9. The van der Waals surface area contributed by atoms with Gasteiger partial charge in [-0.05, 0) is 48.4 Å². The highest BCUT2D eigenvalue weighted by Crippen LogP contribution is 2.53. The summed E-state index contributed by atoms with van der Waals surface area (Å²) in [6.45, 7) is 2.92. The number of likely N-dealkylation sites (tertiary alicyclic amines) is 1. The van der Waals surface area contributed by atoms with Crippen LogP contribution in [0.25, 0.3) is 0 Å². The number of amides is 2. The number of ketones is 1. The van der Waals surface area contributed by atoms with Crippen molar-refractivity contribution in [3.8, 4) is 0 Å². The first-order valence-electron chi connectivity index (χ1n) is 9.80. The van der Waals surface area contributed by atoms with Gasteiger partial charge >= 0.3 is 5.97 Å². The lowest BCUT2D eigenvalue weighted by Crippen LogP contribution is -2.50. The minimum Gasteiger partial charge on any atom is -0.456 e. The Balaban J connectivity index is 1.47. The lowest BCUT2D eigenvalue weighted by molar-refractivity contribution is -0.160. The van der Waals surface area contributed by atoms with Crippen molar-refractivity contribution in [2.75, 3.05) is 6.61 Å². The molecule has 29 heavy (non-hydrogen) atoms. The van der Waals surface area contributed by atoms with Crippen LogP contribution >= 0.6 is 0 Å². The molecule has 2 amide bonds. The standard InChI is InChI=1S/C22H22FNO5/c1-11(2)19(22(28)29-10-16(25)12-5-7-15(23)8-6-12)24-20(26)17-13-3-4-14(9-13)18(17)21(24)27/h3-8,11,13-14,17-19H,9-10H2,1-2H3/t13-,14-,17-,18+,19-/m0/s1. The first-order valence-corrected chi connectivity index (χ1v) is 9.80. The monoisotopic (exact) mass is 399 g/mol. The van der Waals surface area contributed by atoms with E-state index in [2.05, 4.69) is 0 Å². The second-order valence-electron chi connectivity index (χ2n) is 8.27. The van der Waals surface area contributed by atoms with Gasteiger partial charge in [-0.25, -0.2) is 9.18 Å². The van der Waals surface area contributed by atoms with Crippen molar-refractivity contribution in [2.45, 2.75) is 26.3 Å². The summed E-state index contributed by atoms with van der Waals surface area (Å²) in [6, 6.07) is 3.84. The lowest BCUT2D eigenvalue weighted by atomic mass is 9.85. The van der Waals surface area contributed by atoms with Crippen LogP contribution in [0, 0.1) is 35.4 Å². The number of halogens is 1. The van der Waals surface area contributed by atoms with Gasteiger partial charge in [0.2, 0.25) is 11.8 Å². The molecule has 0 aromatic heterocycles. The van der Waals surface area contributed by atoms with Gasteiger partial charge in [0.1, 0.15) is 11.9 Å². The van der Waals surface area contributed by atoms with Crippen LogP contribution in [0.2, 0.25) is 0 Å². The van der Waals surface area contributed by atoms with Crippen molar-refractivity contribution in [2.24, 2.45) is 29.6 Å². The largest absolute Gasteiger partial charge is 0.456 e. The minimum atomic E-state index is -1.07. The Bertz CT molecular complexity index is 876. The SMILES string of the molecule is CC(C)[C@@H](C(=O)OCC(=O)c1ccc(F)cc1)N1C(=O)[C@@H]2[C@H](C1=O)[C@H]1C=C[C@H]2C1. The molecule has 6 nitrogen and oxygen atoms in total. The van der Waals surface area contributed by atoms with E-state index >= 15 is 0 Å². The van der Waals surface area contributed by atoms with Gasteiger partial charge in [-0.3, -0.25) is 19.3 Å². The molecule has 7 heteroatoms. The molecule has 2 aliphatic carbocycles. The molecular weight excluding hydrogens is 377 g/mol. The Kier molecular flexibility index (Phi) is 4.84. The summed E-state index contributed by atoms with van der Waals surface area (Å²) in [5, 5.41) is 0. The lowest BCUT2D eigenvalue weighted by Gasteiger charge is -2.28. The summed E-state index contributed by atoms with van der Waals surface area (Å²) in [5.74, 6) is -3.43. The van der Waals surface area contributed by atoms with Crippen LogP contribution in [0.5, 0.6) is 0 Å². The summed E-state index contributed by atoms with van der Waals surface area (Å²) in [6.07, 6.45) is 4.79. The van der Waals surface area contributed by atoms with Crippen LogP contribution < -0.4 is 0 Å². The van der Waals surface area contributed by atoms with Crippen LogP contribution in [0.4, 0.5) is 4.39 Å². The van der Waals surface area contributed by atoms with E-state index in [0.29, 0.717) is 0 Å². The number of benzene rings is 1. The van der Waals surface area contributed by atoms with Gasteiger partial charge in [-0.2, -0.15) is 0 Å². The average molecular weight is 399 g/mol. The van der Waals surface area contributed by atoms with E-state index in [9.17, 15) is 23.6 Å². The Hall–Kier alpha value is -2.83. The topological polar surface area (TPSA) is 80.8 Å². The number of hydrogen-bond donors (Lipinski definition) is 0. The fourth-order valence-electron chi connectivity index (χ4n) is 4.82. The van der Waals surface area contributed by atoms with E-state index in [1.807, 2.05) is 12.2 Å². The third-order valence-electron chi connectivity index (χ3n) is 6.17. The quantitative estimate of drug-likeness (QED) is 0.318. The van der Waals surface area contributed by atoms with Crippen molar-refractivity contribution in [1.29, 1.82) is 0 Å². The molecule has 1 aromatic rings. The number of Topliss-reactive ketones (excluding diaryl/α,β-unsaturated/α-hetero) is 1. The van der Waals surface area contributed by atoms with E-state index in [1.54, 1.807) is 13.8 Å². The van der Waals surface area contributed by atoms with Gasteiger partial charge in [-0.15, -0.1) is 0 Å². The van der Waals surface area contributed by atoms with Crippen LogP contribution in [-0.4, -0.2) is 41.1 Å². The molecule has 1 saturated heterocycles. The number of allylic oxidation sites excluding steroid dienone is 2. The van der Waals surface area contributed by atoms with Crippen molar-refractivity contribution in [3.05, 3.63) is 47.8 Å². The summed E-state index contributed by atoms with van der Waals surface area (Å²) in [7, 11) is 0. The molecule has 3 aliphatic rings. The molecule has 2 fully saturated rings. The highest BCUT2D eigenvalue weighted by atomic mass is 19.1. The van der Waals surface area contributed by atoms with Crippen LogP contribution in [0.1, 0.15) is 30.6 Å². The second kappa shape index (κ2) is 7.21. The first kappa shape index (κ1) is 19.5. The van der Waals surface area contributed by atoms with Crippen LogP contribution in [-0.2, 0) is 19.1 Å². The van der Waals surface area contributed by atoms with Gasteiger partial charge in [0.25, 0.3) is 0 Å². The smallest absolute Gasteiger partial charge is 0.330 e. The molecular formula is C22H22FNO5. The van der Waals surface area contributed by atoms with Crippen molar-refractivity contribution < 1.29 is 28.3 Å². The number of ether oxygens (including phenoxy) is 1. The normalized spacial score (nSPS) is 28.2. The molecule has 2 bridgehead atoms. The molecule has 152 valence electrons. The van der Waals surface area contributed by atoms with E-state index in [1.165, 1.54) is 12.1 Å². The van der Waals surface area contributed by atoms with Crippen molar-refractivity contribution in [3.63, 3.8) is 0 Å². The number of imide groups is 1. The summed E-state index contributed by atoms with van der Waals surface area (Å²) in [5.41, 5.74) is 0.214. The maximum absolute atomic E-state index is 13.0. The molecule has 0 unspecified atom stereocenters. The van der Waals surface area contributed by atoms with E-state index in [0.717, 1.165) is 23.5 Å². The molecule has 1 aliphatic heterocycles. The number of nitrogens with zero attached hydrogens (tertiary/aromatic N) is 1.